The maximum atomic E-state index is 11.3. The molecule has 27 heavy (non-hydrogen) atoms. The van der Waals surface area contributed by atoms with Crippen molar-refractivity contribution >= 4 is 17.4 Å². The van der Waals surface area contributed by atoms with Crippen LogP contribution in [-0.4, -0.2) is 23.8 Å². The lowest BCUT2D eigenvalue weighted by molar-refractivity contribution is -0.384. The molecule has 0 heterocycles. The highest BCUT2D eigenvalue weighted by atomic mass is 16.6. The molecule has 0 bridgehead atoms. The number of Topliss-reactive ketones (excluding diaryl/α,β-unsaturated/α-hetero) is 1. The Kier molecular flexibility index (Phi) is 9.12. The molecule has 1 aromatic rings. The molecule has 0 amide bonds. The molecule has 1 aromatic carbocycles. The molecule has 0 aromatic heterocycles. The number of ketones is 1. The Hall–Kier alpha value is -2.24. The van der Waals surface area contributed by atoms with Gasteiger partial charge in [-0.25, -0.2) is 0 Å². The number of rotatable bonds is 5. The van der Waals surface area contributed by atoms with Gasteiger partial charge in [-0.05, 0) is 63.0 Å². The van der Waals surface area contributed by atoms with E-state index in [2.05, 4.69) is 6.92 Å². The van der Waals surface area contributed by atoms with E-state index >= 15 is 0 Å². The van der Waals surface area contributed by atoms with Crippen LogP contribution in [0.1, 0.15) is 74.4 Å². The van der Waals surface area contributed by atoms with Gasteiger partial charge in [0.1, 0.15) is 0 Å². The van der Waals surface area contributed by atoms with Gasteiger partial charge in [0.05, 0.1) is 18.0 Å². The first-order valence-corrected chi connectivity index (χ1v) is 9.61. The van der Waals surface area contributed by atoms with Gasteiger partial charge in [-0.3, -0.25) is 19.7 Å². The fraction of sp³-hybridized carbons (Fsp3) is 0.619. The van der Waals surface area contributed by atoms with Gasteiger partial charge in [-0.2, -0.15) is 0 Å². The minimum atomic E-state index is -0.473. The van der Waals surface area contributed by atoms with Crippen molar-refractivity contribution in [1.82, 2.24) is 0 Å². The van der Waals surface area contributed by atoms with Crippen LogP contribution in [0.5, 0.6) is 0 Å². The molecule has 1 aliphatic carbocycles. The lowest BCUT2D eigenvalue weighted by Crippen LogP contribution is -2.22. The zero-order valence-corrected chi connectivity index (χ0v) is 17.0. The molecular weight excluding hydrogens is 346 g/mol. The van der Waals surface area contributed by atoms with E-state index in [0.717, 1.165) is 29.9 Å². The summed E-state index contributed by atoms with van der Waals surface area (Å²) < 4.78 is 4.72. The summed E-state index contributed by atoms with van der Waals surface area (Å²) in [6.07, 6.45) is 6.44. The van der Waals surface area contributed by atoms with Crippen LogP contribution in [-0.2, 0) is 16.0 Å². The average molecular weight is 377 g/mol. The summed E-state index contributed by atoms with van der Waals surface area (Å²) in [7, 11) is 1.48. The number of non-ortho nitro benzene ring substituents is 1. The van der Waals surface area contributed by atoms with Crippen LogP contribution in [0.3, 0.4) is 0 Å². The second-order valence-electron chi connectivity index (χ2n) is 7.10. The molecule has 6 heteroatoms. The Morgan fingerprint density at radius 3 is 2.19 bits per heavy atom. The molecule has 0 N–H and O–H groups in total. The molecule has 0 atom stereocenters. The van der Waals surface area contributed by atoms with Crippen LogP contribution in [0.25, 0.3) is 0 Å². The number of methoxy groups -OCH3 is 1. The maximum absolute atomic E-state index is 11.3. The highest BCUT2D eigenvalue weighted by Crippen LogP contribution is 2.31. The van der Waals surface area contributed by atoms with E-state index in [1.54, 1.807) is 6.92 Å². The van der Waals surface area contributed by atoms with Crippen LogP contribution in [0, 0.1) is 28.9 Å². The van der Waals surface area contributed by atoms with E-state index in [1.165, 1.54) is 45.4 Å². The number of hydrogen-bond donors (Lipinski definition) is 0. The van der Waals surface area contributed by atoms with E-state index < -0.39 is 4.92 Å². The van der Waals surface area contributed by atoms with E-state index in [9.17, 15) is 19.7 Å². The first-order valence-electron chi connectivity index (χ1n) is 9.61. The molecule has 150 valence electrons. The number of aryl methyl sites for hydroxylation is 1. The number of benzene rings is 1. The molecular formula is C21H31NO5. The number of hydrogen-bond acceptors (Lipinski definition) is 5. The molecule has 6 nitrogen and oxygen atoms in total. The fourth-order valence-electron chi connectivity index (χ4n) is 3.66. The Morgan fingerprint density at radius 2 is 1.78 bits per heavy atom. The van der Waals surface area contributed by atoms with Gasteiger partial charge in [-0.1, -0.05) is 20.3 Å². The zero-order valence-electron chi connectivity index (χ0n) is 17.0. The minimum Gasteiger partial charge on any atom is -0.469 e. The molecule has 1 saturated carbocycles. The Bertz CT molecular complexity index is 675. The highest BCUT2D eigenvalue weighted by Gasteiger charge is 2.25. The van der Waals surface area contributed by atoms with Gasteiger partial charge >= 0.3 is 5.97 Å². The Labute approximate surface area is 161 Å². The molecule has 1 fully saturated rings. The van der Waals surface area contributed by atoms with Crippen LogP contribution in [0.15, 0.2) is 12.1 Å². The maximum Gasteiger partial charge on any atom is 0.308 e. The lowest BCUT2D eigenvalue weighted by Gasteiger charge is -2.25. The normalized spacial score (nSPS) is 18.9. The number of carbonyl (C=O) groups excluding carboxylic acids is 2. The summed E-state index contributed by atoms with van der Waals surface area (Å²) in [5.74, 6) is 0.909. The first-order chi connectivity index (χ1) is 12.7. The monoisotopic (exact) mass is 377 g/mol. The van der Waals surface area contributed by atoms with Gasteiger partial charge in [0.25, 0.3) is 5.69 Å². The van der Waals surface area contributed by atoms with Crippen molar-refractivity contribution in [3.63, 3.8) is 0 Å². The van der Waals surface area contributed by atoms with Crippen LogP contribution in [0.2, 0.25) is 0 Å². The van der Waals surface area contributed by atoms with E-state index in [0.29, 0.717) is 12.0 Å². The summed E-state index contributed by atoms with van der Waals surface area (Å²) in [6, 6.07) is 2.86. The zero-order chi connectivity index (χ0) is 20.6. The van der Waals surface area contributed by atoms with Crippen molar-refractivity contribution in [2.45, 2.75) is 66.2 Å². The van der Waals surface area contributed by atoms with Crippen LogP contribution < -0.4 is 0 Å². The molecule has 0 aliphatic heterocycles. The van der Waals surface area contributed by atoms with Gasteiger partial charge in [0, 0.05) is 17.7 Å². The van der Waals surface area contributed by atoms with Crippen molar-refractivity contribution in [2.75, 3.05) is 7.11 Å². The number of esters is 1. The Morgan fingerprint density at radius 1 is 1.19 bits per heavy atom. The molecule has 2 rings (SSSR count). The first kappa shape index (κ1) is 22.8. The standard InChI is InChI=1S/C11H13NO3.C10H18O2/c1-4-10-7(2)5-9(12(14)15)6-11(10)8(3)13;1-3-8-4-6-9(7-5-8)10(11)12-2/h5-6H,4H2,1-3H3;8-9H,3-7H2,1-2H3. The molecule has 1 aliphatic rings. The van der Waals surface area contributed by atoms with Gasteiger partial charge in [0.15, 0.2) is 5.78 Å². The second-order valence-corrected chi connectivity index (χ2v) is 7.10. The van der Waals surface area contributed by atoms with Crippen molar-refractivity contribution in [3.05, 3.63) is 38.9 Å². The second kappa shape index (κ2) is 10.8. The van der Waals surface area contributed by atoms with Crippen LogP contribution in [0.4, 0.5) is 5.69 Å². The third-order valence-corrected chi connectivity index (χ3v) is 5.36. The van der Waals surface area contributed by atoms with Gasteiger partial charge in [-0.15, -0.1) is 0 Å². The van der Waals surface area contributed by atoms with Crippen molar-refractivity contribution < 1.29 is 19.2 Å². The lowest BCUT2D eigenvalue weighted by atomic mass is 9.81. The summed E-state index contributed by atoms with van der Waals surface area (Å²) in [5, 5.41) is 10.6. The van der Waals surface area contributed by atoms with Gasteiger partial charge in [0.2, 0.25) is 0 Å². The summed E-state index contributed by atoms with van der Waals surface area (Å²) in [4.78, 5) is 32.6. The molecule has 0 radical (unpaired) electrons. The topological polar surface area (TPSA) is 86.5 Å². The third-order valence-electron chi connectivity index (χ3n) is 5.36. The number of nitro groups is 1. The smallest absolute Gasteiger partial charge is 0.308 e. The molecule has 0 unspecified atom stereocenters. The summed E-state index contributed by atoms with van der Waals surface area (Å²) in [6.45, 7) is 7.37. The summed E-state index contributed by atoms with van der Waals surface area (Å²) >= 11 is 0. The predicted molar refractivity (Wildman–Crippen MR) is 105 cm³/mol. The molecule has 0 spiro atoms. The van der Waals surface area contributed by atoms with E-state index in [-0.39, 0.29) is 23.4 Å². The predicted octanol–water partition coefficient (Wildman–Crippen LogP) is 5.04. The quantitative estimate of drug-likeness (QED) is 0.310. The SMILES string of the molecule is CCC1CCC(C(=O)OC)CC1.CCc1c(C)cc([N+](=O)[O-])cc1C(C)=O. The summed E-state index contributed by atoms with van der Waals surface area (Å²) in [5.41, 5.74) is 2.14. The Balaban J connectivity index is 0.000000277. The number of nitro benzene ring substituents is 1. The number of nitrogens with zero attached hydrogens (tertiary/aromatic N) is 1. The largest absolute Gasteiger partial charge is 0.469 e. The van der Waals surface area contributed by atoms with Gasteiger partial charge < -0.3 is 4.74 Å². The van der Waals surface area contributed by atoms with E-state index in [4.69, 9.17) is 4.74 Å². The number of ether oxygens (including phenoxy) is 1. The minimum absolute atomic E-state index is 0.00967. The van der Waals surface area contributed by atoms with Crippen molar-refractivity contribution in [1.29, 1.82) is 0 Å². The van der Waals surface area contributed by atoms with Crippen molar-refractivity contribution in [3.8, 4) is 0 Å². The highest BCUT2D eigenvalue weighted by molar-refractivity contribution is 5.96. The average Bonchev–Trinajstić information content (AvgIpc) is 2.67. The van der Waals surface area contributed by atoms with Crippen LogP contribution >= 0.6 is 0 Å². The van der Waals surface area contributed by atoms with Crippen molar-refractivity contribution in [2.24, 2.45) is 11.8 Å². The third kappa shape index (κ3) is 6.45. The van der Waals surface area contributed by atoms with E-state index in [1.807, 2.05) is 6.92 Å². The number of carbonyl (C=O) groups is 2. The fourth-order valence-corrected chi connectivity index (χ4v) is 3.66. The molecule has 0 saturated heterocycles.